The Labute approximate surface area is 197 Å². The molecule has 1 saturated heterocycles. The van der Waals surface area contributed by atoms with Crippen LogP contribution in [0.25, 0.3) is 0 Å². The Balaban J connectivity index is 1.60. The first-order valence-electron chi connectivity index (χ1n) is 11.2. The molecule has 0 amide bonds. The summed E-state index contributed by atoms with van der Waals surface area (Å²) in [6.07, 6.45) is -1.38. The summed E-state index contributed by atoms with van der Waals surface area (Å²) in [6.45, 7) is 4.95. The molecular formula is C24H30F3N3O4. The van der Waals surface area contributed by atoms with E-state index in [0.717, 1.165) is 69.6 Å². The van der Waals surface area contributed by atoms with Crippen molar-refractivity contribution >= 4 is 11.8 Å². The van der Waals surface area contributed by atoms with Crippen LogP contribution >= 0.6 is 0 Å². The monoisotopic (exact) mass is 481 g/mol. The molecular weight excluding hydrogens is 451 g/mol. The highest BCUT2D eigenvalue weighted by atomic mass is 19.4. The van der Waals surface area contributed by atoms with Crippen LogP contribution in [0.5, 0.6) is 11.5 Å². The maximum Gasteiger partial charge on any atom is 0.417 e. The van der Waals surface area contributed by atoms with Crippen LogP contribution in [0.1, 0.15) is 47.7 Å². The number of aromatic nitrogens is 1. The molecule has 0 bridgehead atoms. The maximum absolute atomic E-state index is 13.4. The number of hydrogen-bond acceptors (Lipinski definition) is 7. The number of pyridine rings is 1. The standard InChI is InChI=1S/C24H30F3N3O4/c1-4-11-34-21-12-16(5-6-20(21)32-2)15-30-9-7-17(8-10-30)29-22-13-19(24(25,26)27)18(14-28-22)23(31)33-3/h5-6,12-14,17H,4,7-11,15H2,1-3H3,(H,28,29). The van der Waals surface area contributed by atoms with E-state index >= 15 is 0 Å². The highest BCUT2D eigenvalue weighted by Gasteiger charge is 2.36. The minimum absolute atomic E-state index is 0.0203. The zero-order valence-corrected chi connectivity index (χ0v) is 19.6. The zero-order chi connectivity index (χ0) is 24.7. The smallest absolute Gasteiger partial charge is 0.417 e. The highest BCUT2D eigenvalue weighted by Crippen LogP contribution is 2.34. The van der Waals surface area contributed by atoms with Gasteiger partial charge in [0, 0.05) is 31.9 Å². The summed E-state index contributed by atoms with van der Waals surface area (Å²) in [5.74, 6) is 0.442. The second-order valence-electron chi connectivity index (χ2n) is 8.13. The van der Waals surface area contributed by atoms with E-state index in [-0.39, 0.29) is 11.9 Å². The van der Waals surface area contributed by atoms with Crippen LogP contribution in [0, 0.1) is 0 Å². The Morgan fingerprint density at radius 3 is 2.53 bits per heavy atom. The number of hydrogen-bond donors (Lipinski definition) is 1. The van der Waals surface area contributed by atoms with E-state index in [1.807, 2.05) is 25.1 Å². The van der Waals surface area contributed by atoms with Gasteiger partial charge in [-0.05, 0) is 43.0 Å². The minimum Gasteiger partial charge on any atom is -0.493 e. The number of rotatable bonds is 9. The van der Waals surface area contributed by atoms with Gasteiger partial charge < -0.3 is 19.5 Å². The van der Waals surface area contributed by atoms with E-state index in [9.17, 15) is 18.0 Å². The third-order valence-electron chi connectivity index (χ3n) is 5.65. The van der Waals surface area contributed by atoms with Crippen LogP contribution in [-0.4, -0.2) is 55.8 Å². The number of carbonyl (C=O) groups is 1. The molecule has 1 aliphatic rings. The van der Waals surface area contributed by atoms with Gasteiger partial charge in [-0.3, -0.25) is 4.90 Å². The van der Waals surface area contributed by atoms with Crippen LogP contribution in [-0.2, 0) is 17.5 Å². The third-order valence-corrected chi connectivity index (χ3v) is 5.65. The van der Waals surface area contributed by atoms with E-state index in [2.05, 4.69) is 19.9 Å². The number of esters is 1. The number of anilines is 1. The lowest BCUT2D eigenvalue weighted by Crippen LogP contribution is -2.38. The van der Waals surface area contributed by atoms with Crippen molar-refractivity contribution in [2.75, 3.05) is 39.2 Å². The average molecular weight is 482 g/mol. The third kappa shape index (κ3) is 6.53. The van der Waals surface area contributed by atoms with Gasteiger partial charge in [0.25, 0.3) is 0 Å². The Kier molecular flexibility index (Phi) is 8.60. The molecule has 0 spiro atoms. The molecule has 1 aliphatic heterocycles. The molecule has 0 radical (unpaired) electrons. The zero-order valence-electron chi connectivity index (χ0n) is 19.6. The molecule has 0 saturated carbocycles. The predicted octanol–water partition coefficient (Wildman–Crippen LogP) is 4.76. The molecule has 34 heavy (non-hydrogen) atoms. The predicted molar refractivity (Wildman–Crippen MR) is 121 cm³/mol. The molecule has 7 nitrogen and oxygen atoms in total. The summed E-state index contributed by atoms with van der Waals surface area (Å²) in [5.41, 5.74) is -0.555. The number of ether oxygens (including phenoxy) is 3. The second-order valence-corrected chi connectivity index (χ2v) is 8.13. The van der Waals surface area contributed by atoms with Gasteiger partial charge in [0.05, 0.1) is 32.0 Å². The fourth-order valence-electron chi connectivity index (χ4n) is 3.89. The summed E-state index contributed by atoms with van der Waals surface area (Å²) in [5, 5.41) is 3.08. The van der Waals surface area contributed by atoms with Gasteiger partial charge in [-0.1, -0.05) is 13.0 Å². The van der Waals surface area contributed by atoms with Gasteiger partial charge in [-0.15, -0.1) is 0 Å². The molecule has 1 aromatic heterocycles. The number of methoxy groups -OCH3 is 2. The van der Waals surface area contributed by atoms with Crippen molar-refractivity contribution in [3.63, 3.8) is 0 Å². The van der Waals surface area contributed by atoms with Crippen molar-refractivity contribution in [3.05, 3.63) is 47.2 Å². The molecule has 0 unspecified atom stereocenters. The molecule has 186 valence electrons. The summed E-state index contributed by atoms with van der Waals surface area (Å²) in [4.78, 5) is 18.0. The molecule has 2 heterocycles. The molecule has 1 aromatic carbocycles. The summed E-state index contributed by atoms with van der Waals surface area (Å²) < 4.78 is 55.9. The maximum atomic E-state index is 13.4. The molecule has 2 aromatic rings. The van der Waals surface area contributed by atoms with Gasteiger partial charge in [-0.25, -0.2) is 9.78 Å². The summed E-state index contributed by atoms with van der Waals surface area (Å²) in [6, 6.07) is 6.75. The molecule has 0 aliphatic carbocycles. The van der Waals surface area contributed by atoms with Crippen molar-refractivity contribution in [2.24, 2.45) is 0 Å². The van der Waals surface area contributed by atoms with Crippen LogP contribution < -0.4 is 14.8 Å². The Morgan fingerprint density at radius 2 is 1.91 bits per heavy atom. The van der Waals surface area contributed by atoms with E-state index in [1.165, 1.54) is 0 Å². The minimum atomic E-state index is -4.69. The molecule has 0 atom stereocenters. The lowest BCUT2D eigenvalue weighted by atomic mass is 10.0. The average Bonchev–Trinajstić information content (AvgIpc) is 2.83. The lowest BCUT2D eigenvalue weighted by molar-refractivity contribution is -0.138. The van der Waals surface area contributed by atoms with Crippen molar-refractivity contribution in [1.29, 1.82) is 0 Å². The van der Waals surface area contributed by atoms with Crippen molar-refractivity contribution < 1.29 is 32.2 Å². The second kappa shape index (κ2) is 11.4. The molecule has 10 heteroatoms. The Bertz CT molecular complexity index is 976. The quantitative estimate of drug-likeness (QED) is 0.518. The van der Waals surface area contributed by atoms with Crippen LogP contribution in [0.4, 0.5) is 19.0 Å². The molecule has 3 rings (SSSR count). The van der Waals surface area contributed by atoms with E-state index < -0.39 is 23.3 Å². The molecule has 1 fully saturated rings. The number of nitrogens with zero attached hydrogens (tertiary/aromatic N) is 2. The lowest BCUT2D eigenvalue weighted by Gasteiger charge is -2.32. The van der Waals surface area contributed by atoms with Crippen molar-refractivity contribution in [3.8, 4) is 11.5 Å². The number of likely N-dealkylation sites (tertiary alicyclic amines) is 1. The van der Waals surface area contributed by atoms with Crippen LogP contribution in [0.3, 0.4) is 0 Å². The Hall–Kier alpha value is -3.01. The fraction of sp³-hybridized carbons (Fsp3) is 0.500. The first kappa shape index (κ1) is 25.6. The normalized spacial score (nSPS) is 15.1. The first-order valence-corrected chi connectivity index (χ1v) is 11.2. The first-order chi connectivity index (χ1) is 16.2. The number of benzene rings is 1. The Morgan fingerprint density at radius 1 is 1.18 bits per heavy atom. The van der Waals surface area contributed by atoms with Gasteiger partial charge >= 0.3 is 12.1 Å². The van der Waals surface area contributed by atoms with E-state index in [0.29, 0.717) is 12.4 Å². The summed E-state index contributed by atoms with van der Waals surface area (Å²) >= 11 is 0. The van der Waals surface area contributed by atoms with Crippen LogP contribution in [0.2, 0.25) is 0 Å². The van der Waals surface area contributed by atoms with Gasteiger partial charge in [-0.2, -0.15) is 13.2 Å². The SMILES string of the molecule is CCCOc1cc(CN2CCC(Nc3cc(C(F)(F)F)c(C(=O)OC)cn3)CC2)ccc1OC. The van der Waals surface area contributed by atoms with Gasteiger partial charge in [0.15, 0.2) is 11.5 Å². The largest absolute Gasteiger partial charge is 0.493 e. The number of piperidine rings is 1. The summed E-state index contributed by atoms with van der Waals surface area (Å²) in [7, 11) is 2.65. The number of nitrogens with one attached hydrogen (secondary N) is 1. The van der Waals surface area contributed by atoms with E-state index in [1.54, 1.807) is 7.11 Å². The van der Waals surface area contributed by atoms with Crippen LogP contribution in [0.15, 0.2) is 30.5 Å². The fourth-order valence-corrected chi connectivity index (χ4v) is 3.89. The van der Waals surface area contributed by atoms with Gasteiger partial charge in [0.1, 0.15) is 5.82 Å². The van der Waals surface area contributed by atoms with Crippen molar-refractivity contribution in [2.45, 2.75) is 44.9 Å². The number of carbonyl (C=O) groups excluding carboxylic acids is 1. The van der Waals surface area contributed by atoms with Gasteiger partial charge in [0.2, 0.25) is 0 Å². The van der Waals surface area contributed by atoms with E-state index in [4.69, 9.17) is 9.47 Å². The molecule has 1 N–H and O–H groups in total. The topological polar surface area (TPSA) is 72.9 Å². The highest BCUT2D eigenvalue weighted by molar-refractivity contribution is 5.91. The number of halogens is 3. The number of alkyl halides is 3. The van der Waals surface area contributed by atoms with Crippen molar-refractivity contribution in [1.82, 2.24) is 9.88 Å².